The molecule has 5 rings (SSSR count). The third kappa shape index (κ3) is 5.29. The molecule has 2 N–H and O–H groups in total. The average molecular weight is 555 g/mol. The largest absolute Gasteiger partial charge is 0.370 e. The van der Waals surface area contributed by atoms with E-state index in [0.717, 1.165) is 55.2 Å². The number of amides is 1. The second kappa shape index (κ2) is 10.1. The summed E-state index contributed by atoms with van der Waals surface area (Å²) in [4.78, 5) is 15.1. The Bertz CT molecular complexity index is 1350. The van der Waals surface area contributed by atoms with Crippen LogP contribution in [0.3, 0.4) is 0 Å². The highest BCUT2D eigenvalue weighted by atomic mass is 79.9. The van der Waals surface area contributed by atoms with Gasteiger partial charge in [-0.05, 0) is 79.6 Å². The van der Waals surface area contributed by atoms with E-state index in [9.17, 15) is 13.2 Å². The molecule has 0 aromatic heterocycles. The Balaban J connectivity index is 1.47. The van der Waals surface area contributed by atoms with Crippen molar-refractivity contribution >= 4 is 43.2 Å². The van der Waals surface area contributed by atoms with Gasteiger partial charge in [0.2, 0.25) is 10.0 Å². The number of aryl methyl sites for hydroxylation is 1. The third-order valence-corrected chi connectivity index (χ3v) is 8.70. The normalized spacial score (nSPS) is 17.7. The summed E-state index contributed by atoms with van der Waals surface area (Å²) >= 11 is 3.39. The van der Waals surface area contributed by atoms with Crippen LogP contribution in [0, 0.1) is 0 Å². The van der Waals surface area contributed by atoms with Gasteiger partial charge in [-0.1, -0.05) is 46.3 Å². The standard InChI is InChI=1S/C27H28BrN3O3S/c28-21-10-5-9-20(17-21)27(32)29-22-13-14-25(31-15-3-4-16-31)26(18-22)35(33,34)30-24-12-6-8-19-7-1-2-11-23(19)24/h1-2,5,7,9-11,13-14,17-18,24,30H,3-4,6,8,12,15-16H2,(H,29,32). The van der Waals surface area contributed by atoms with Crippen molar-refractivity contribution in [2.45, 2.75) is 43.0 Å². The molecule has 182 valence electrons. The molecule has 1 amide bonds. The average Bonchev–Trinajstić information content (AvgIpc) is 3.39. The maximum absolute atomic E-state index is 13.8. The Hall–Kier alpha value is -2.68. The van der Waals surface area contributed by atoms with Crippen LogP contribution in [0.1, 0.15) is 53.2 Å². The summed E-state index contributed by atoms with van der Waals surface area (Å²) in [5.74, 6) is -0.294. The molecule has 1 aliphatic heterocycles. The summed E-state index contributed by atoms with van der Waals surface area (Å²) in [5.41, 5.74) is 3.86. The van der Waals surface area contributed by atoms with Crippen LogP contribution >= 0.6 is 15.9 Å². The van der Waals surface area contributed by atoms with E-state index in [1.54, 1.807) is 30.3 Å². The quantitative estimate of drug-likeness (QED) is 0.413. The molecule has 1 unspecified atom stereocenters. The van der Waals surface area contributed by atoms with Gasteiger partial charge in [0.25, 0.3) is 5.91 Å². The smallest absolute Gasteiger partial charge is 0.255 e. The van der Waals surface area contributed by atoms with Crippen LogP contribution in [0.4, 0.5) is 11.4 Å². The van der Waals surface area contributed by atoms with Crippen molar-refractivity contribution in [1.82, 2.24) is 4.72 Å². The molecule has 3 aromatic rings. The number of hydrogen-bond donors (Lipinski definition) is 2. The zero-order chi connectivity index (χ0) is 24.4. The summed E-state index contributed by atoms with van der Waals surface area (Å²) in [5, 5.41) is 2.86. The minimum Gasteiger partial charge on any atom is -0.370 e. The Kier molecular flexibility index (Phi) is 6.95. The van der Waals surface area contributed by atoms with Gasteiger partial charge in [0.05, 0.1) is 5.69 Å². The van der Waals surface area contributed by atoms with Gasteiger partial charge in [-0.3, -0.25) is 4.79 Å². The topological polar surface area (TPSA) is 78.5 Å². The van der Waals surface area contributed by atoms with Crippen molar-refractivity contribution in [3.8, 4) is 0 Å². The summed E-state index contributed by atoms with van der Waals surface area (Å²) in [6.45, 7) is 1.64. The summed E-state index contributed by atoms with van der Waals surface area (Å²) in [6.07, 6.45) is 4.72. The number of anilines is 2. The van der Waals surface area contributed by atoms with E-state index in [1.165, 1.54) is 5.56 Å². The monoisotopic (exact) mass is 553 g/mol. The van der Waals surface area contributed by atoms with Crippen LogP contribution in [0.2, 0.25) is 0 Å². The Morgan fingerprint density at radius 3 is 2.54 bits per heavy atom. The van der Waals surface area contributed by atoms with Gasteiger partial charge >= 0.3 is 0 Å². The Morgan fingerprint density at radius 2 is 1.74 bits per heavy atom. The molecule has 3 aromatic carbocycles. The van der Waals surface area contributed by atoms with Crippen LogP contribution in [0.5, 0.6) is 0 Å². The summed E-state index contributed by atoms with van der Waals surface area (Å²) in [6, 6.07) is 20.0. The highest BCUT2D eigenvalue weighted by Crippen LogP contribution is 2.35. The molecule has 1 aliphatic carbocycles. The number of benzene rings is 3. The lowest BCUT2D eigenvalue weighted by Gasteiger charge is -2.28. The first kappa shape index (κ1) is 24.0. The van der Waals surface area contributed by atoms with Crippen LogP contribution in [-0.2, 0) is 16.4 Å². The predicted octanol–water partition coefficient (Wildman–Crippen LogP) is 5.66. The van der Waals surface area contributed by atoms with Crippen molar-refractivity contribution in [1.29, 1.82) is 0 Å². The Labute approximate surface area is 214 Å². The van der Waals surface area contributed by atoms with Gasteiger partial charge in [-0.15, -0.1) is 0 Å². The maximum Gasteiger partial charge on any atom is 0.255 e. The molecule has 0 spiro atoms. The Morgan fingerprint density at radius 1 is 0.943 bits per heavy atom. The van der Waals surface area contributed by atoms with Crippen molar-refractivity contribution in [3.63, 3.8) is 0 Å². The zero-order valence-electron chi connectivity index (χ0n) is 19.3. The molecule has 1 fully saturated rings. The second-order valence-electron chi connectivity index (χ2n) is 9.11. The van der Waals surface area contributed by atoms with E-state index in [1.807, 2.05) is 30.3 Å². The second-order valence-corrected chi connectivity index (χ2v) is 11.7. The van der Waals surface area contributed by atoms with Gasteiger partial charge in [0, 0.05) is 34.9 Å². The van der Waals surface area contributed by atoms with E-state index >= 15 is 0 Å². The SMILES string of the molecule is O=C(Nc1ccc(N2CCCC2)c(S(=O)(=O)NC2CCCc3ccccc32)c1)c1cccc(Br)c1. The lowest BCUT2D eigenvalue weighted by Crippen LogP contribution is -2.32. The molecule has 8 heteroatoms. The number of fused-ring (bicyclic) bond motifs is 1. The highest BCUT2D eigenvalue weighted by molar-refractivity contribution is 9.10. The van der Waals surface area contributed by atoms with Crippen LogP contribution in [-0.4, -0.2) is 27.4 Å². The molecule has 0 bridgehead atoms. The molecule has 2 aliphatic rings. The van der Waals surface area contributed by atoms with E-state index in [4.69, 9.17) is 0 Å². The van der Waals surface area contributed by atoms with Crippen LogP contribution < -0.4 is 14.9 Å². The summed E-state index contributed by atoms with van der Waals surface area (Å²) < 4.78 is 31.3. The summed E-state index contributed by atoms with van der Waals surface area (Å²) in [7, 11) is -3.85. The molecular weight excluding hydrogens is 526 g/mol. The zero-order valence-corrected chi connectivity index (χ0v) is 21.7. The number of carbonyl (C=O) groups is 1. The van der Waals surface area contributed by atoms with E-state index < -0.39 is 10.0 Å². The van der Waals surface area contributed by atoms with Crippen LogP contribution in [0.25, 0.3) is 0 Å². The van der Waals surface area contributed by atoms with Crippen molar-refractivity contribution < 1.29 is 13.2 Å². The fourth-order valence-electron chi connectivity index (χ4n) is 4.99. The fourth-order valence-corrected chi connectivity index (χ4v) is 6.89. The third-order valence-electron chi connectivity index (χ3n) is 6.71. The molecule has 1 atom stereocenters. The van der Waals surface area contributed by atoms with Gasteiger partial charge in [-0.25, -0.2) is 13.1 Å². The van der Waals surface area contributed by atoms with E-state index in [2.05, 4.69) is 36.9 Å². The van der Waals surface area contributed by atoms with Crippen LogP contribution in [0.15, 0.2) is 76.1 Å². The number of carbonyl (C=O) groups excluding carboxylic acids is 1. The first-order valence-electron chi connectivity index (χ1n) is 12.0. The highest BCUT2D eigenvalue weighted by Gasteiger charge is 2.29. The van der Waals surface area contributed by atoms with Crippen molar-refractivity contribution in [2.75, 3.05) is 23.3 Å². The molecule has 6 nitrogen and oxygen atoms in total. The number of rotatable bonds is 6. The number of halogens is 1. The molecule has 0 radical (unpaired) electrons. The van der Waals surface area contributed by atoms with Gasteiger partial charge in [0.1, 0.15) is 4.90 Å². The minimum absolute atomic E-state index is 0.203. The number of hydrogen-bond acceptors (Lipinski definition) is 4. The number of nitrogens with zero attached hydrogens (tertiary/aromatic N) is 1. The van der Waals surface area contributed by atoms with E-state index in [0.29, 0.717) is 16.9 Å². The van der Waals surface area contributed by atoms with Crippen molar-refractivity contribution in [3.05, 3.63) is 87.9 Å². The number of nitrogens with one attached hydrogen (secondary N) is 2. The van der Waals surface area contributed by atoms with E-state index in [-0.39, 0.29) is 16.8 Å². The molecule has 1 heterocycles. The van der Waals surface area contributed by atoms with Crippen molar-refractivity contribution in [2.24, 2.45) is 0 Å². The molecule has 1 saturated heterocycles. The molecular formula is C27H28BrN3O3S. The predicted molar refractivity (Wildman–Crippen MR) is 142 cm³/mol. The molecule has 0 saturated carbocycles. The lowest BCUT2D eigenvalue weighted by atomic mass is 9.88. The maximum atomic E-state index is 13.8. The van der Waals surface area contributed by atoms with Gasteiger partial charge < -0.3 is 10.2 Å². The van der Waals surface area contributed by atoms with Gasteiger partial charge in [0.15, 0.2) is 0 Å². The lowest BCUT2D eigenvalue weighted by molar-refractivity contribution is 0.102. The fraction of sp³-hybridized carbons (Fsp3) is 0.296. The van der Waals surface area contributed by atoms with Gasteiger partial charge in [-0.2, -0.15) is 0 Å². The first-order valence-corrected chi connectivity index (χ1v) is 14.2. The molecule has 35 heavy (non-hydrogen) atoms. The number of sulfonamides is 1. The first-order chi connectivity index (χ1) is 16.9. The minimum atomic E-state index is -3.85.